The van der Waals surface area contributed by atoms with E-state index in [-0.39, 0.29) is 17.2 Å². The van der Waals surface area contributed by atoms with E-state index < -0.39 is 0 Å². The molecule has 7 heteroatoms. The van der Waals surface area contributed by atoms with Crippen LogP contribution < -0.4 is 10.9 Å². The highest BCUT2D eigenvalue weighted by Crippen LogP contribution is 2.34. The van der Waals surface area contributed by atoms with Crippen molar-refractivity contribution in [1.82, 2.24) is 9.97 Å². The van der Waals surface area contributed by atoms with Gasteiger partial charge in [-0.05, 0) is 61.8 Å². The van der Waals surface area contributed by atoms with E-state index in [4.69, 9.17) is 0 Å². The van der Waals surface area contributed by atoms with Crippen molar-refractivity contribution >= 4 is 44.9 Å². The maximum atomic E-state index is 12.6. The van der Waals surface area contributed by atoms with Gasteiger partial charge in [0.05, 0.1) is 11.1 Å². The maximum Gasteiger partial charge on any atom is 0.260 e. The Morgan fingerprint density at radius 3 is 2.83 bits per heavy atom. The predicted octanol–water partition coefficient (Wildman–Crippen LogP) is 4.94. The first-order valence-corrected chi connectivity index (χ1v) is 12.0. The summed E-state index contributed by atoms with van der Waals surface area (Å²) in [6.07, 6.45) is 7.73. The van der Waals surface area contributed by atoms with Crippen LogP contribution in [0.4, 0.5) is 5.69 Å². The topological polar surface area (TPSA) is 74.8 Å². The minimum absolute atomic E-state index is 0.0834. The molecule has 1 amide bonds. The number of carbonyl (C=O) groups excluding carboxylic acids is 1. The lowest BCUT2D eigenvalue weighted by molar-refractivity contribution is -0.113. The lowest BCUT2D eigenvalue weighted by Gasteiger charge is -2.09. The minimum Gasteiger partial charge on any atom is -0.325 e. The van der Waals surface area contributed by atoms with Gasteiger partial charge in [0, 0.05) is 10.6 Å². The van der Waals surface area contributed by atoms with Gasteiger partial charge in [-0.1, -0.05) is 37.2 Å². The monoisotopic (exact) mass is 427 g/mol. The molecule has 2 aromatic heterocycles. The number of H-pyrrole nitrogens is 1. The Hall–Kier alpha value is -2.12. The van der Waals surface area contributed by atoms with Crippen LogP contribution >= 0.6 is 23.1 Å². The van der Waals surface area contributed by atoms with Gasteiger partial charge < -0.3 is 10.3 Å². The van der Waals surface area contributed by atoms with Gasteiger partial charge in [-0.25, -0.2) is 4.98 Å². The zero-order valence-corrected chi connectivity index (χ0v) is 18.2. The van der Waals surface area contributed by atoms with Crippen LogP contribution in [0.25, 0.3) is 10.2 Å². The summed E-state index contributed by atoms with van der Waals surface area (Å²) in [5, 5.41) is 4.17. The number of hydrogen-bond donors (Lipinski definition) is 2. The number of carbonyl (C=O) groups is 1. The normalized spacial score (nSPS) is 13.4. The van der Waals surface area contributed by atoms with Crippen LogP contribution in [0.15, 0.2) is 34.2 Å². The van der Waals surface area contributed by atoms with Gasteiger partial charge in [0.15, 0.2) is 5.16 Å². The van der Waals surface area contributed by atoms with Crippen LogP contribution in [-0.2, 0) is 24.1 Å². The first-order chi connectivity index (χ1) is 14.1. The molecule has 1 aliphatic carbocycles. The van der Waals surface area contributed by atoms with E-state index in [1.54, 1.807) is 11.3 Å². The Morgan fingerprint density at radius 1 is 1.24 bits per heavy atom. The standard InChI is InChI=1S/C22H25N3O2S2/c1-2-3-6-14-9-11-15(12-10-14)23-18(26)13-28-22-24-20(27)19-16-7-4-5-8-17(16)29-21(19)25-22/h9-12H,2-8,13H2,1H3,(H,23,26)(H,24,25,27). The van der Waals surface area contributed by atoms with Gasteiger partial charge in [-0.2, -0.15) is 0 Å². The van der Waals surface area contributed by atoms with E-state index in [0.717, 1.165) is 41.6 Å². The van der Waals surface area contributed by atoms with Crippen molar-refractivity contribution in [1.29, 1.82) is 0 Å². The Kier molecular flexibility index (Phi) is 6.35. The van der Waals surface area contributed by atoms with E-state index >= 15 is 0 Å². The molecule has 0 atom stereocenters. The number of anilines is 1. The third-order valence-electron chi connectivity index (χ3n) is 5.20. The number of nitrogens with zero attached hydrogens (tertiary/aromatic N) is 1. The summed E-state index contributed by atoms with van der Waals surface area (Å²) in [5.74, 6) is 0.0986. The van der Waals surface area contributed by atoms with E-state index in [2.05, 4.69) is 34.3 Å². The number of thioether (sulfide) groups is 1. The quantitative estimate of drug-likeness (QED) is 0.414. The third-order valence-corrected chi connectivity index (χ3v) is 7.26. The second-order valence-electron chi connectivity index (χ2n) is 7.40. The number of thiophene rings is 1. The number of hydrogen-bond acceptors (Lipinski definition) is 5. The lowest BCUT2D eigenvalue weighted by Crippen LogP contribution is -2.15. The molecule has 1 aliphatic rings. The Labute approximate surface area is 178 Å². The Morgan fingerprint density at radius 2 is 2.03 bits per heavy atom. The van der Waals surface area contributed by atoms with Crippen LogP contribution in [0, 0.1) is 0 Å². The number of aromatic nitrogens is 2. The molecule has 5 nitrogen and oxygen atoms in total. The average Bonchev–Trinajstić information content (AvgIpc) is 3.10. The number of rotatable bonds is 7. The highest BCUT2D eigenvalue weighted by atomic mass is 32.2. The molecule has 3 aromatic rings. The number of aromatic amines is 1. The molecule has 1 aromatic carbocycles. The number of fused-ring (bicyclic) bond motifs is 3. The number of benzene rings is 1. The van der Waals surface area contributed by atoms with Gasteiger partial charge in [-0.15, -0.1) is 11.3 Å². The fourth-order valence-electron chi connectivity index (χ4n) is 3.68. The molecule has 2 heterocycles. The number of unbranched alkanes of at least 4 members (excludes halogenated alkanes) is 1. The molecule has 152 valence electrons. The van der Waals surface area contributed by atoms with Crippen LogP contribution in [-0.4, -0.2) is 21.6 Å². The summed E-state index contributed by atoms with van der Waals surface area (Å²) in [5.41, 5.74) is 3.17. The summed E-state index contributed by atoms with van der Waals surface area (Å²) in [7, 11) is 0. The average molecular weight is 428 g/mol. The smallest absolute Gasteiger partial charge is 0.260 e. The van der Waals surface area contributed by atoms with Crippen LogP contribution in [0.2, 0.25) is 0 Å². The van der Waals surface area contributed by atoms with Gasteiger partial charge >= 0.3 is 0 Å². The largest absolute Gasteiger partial charge is 0.325 e. The van der Waals surface area contributed by atoms with Crippen molar-refractivity contribution in [3.8, 4) is 0 Å². The predicted molar refractivity (Wildman–Crippen MR) is 121 cm³/mol. The molecule has 29 heavy (non-hydrogen) atoms. The first-order valence-electron chi connectivity index (χ1n) is 10.2. The summed E-state index contributed by atoms with van der Waals surface area (Å²) in [6, 6.07) is 8.00. The second kappa shape index (κ2) is 9.13. The molecular weight excluding hydrogens is 402 g/mol. The van der Waals surface area contributed by atoms with Crippen LogP contribution in [0.3, 0.4) is 0 Å². The van der Waals surface area contributed by atoms with Gasteiger partial charge in [0.1, 0.15) is 4.83 Å². The van der Waals surface area contributed by atoms with Crippen molar-refractivity contribution in [2.24, 2.45) is 0 Å². The summed E-state index contributed by atoms with van der Waals surface area (Å²) in [6.45, 7) is 2.18. The van der Waals surface area contributed by atoms with Gasteiger partial charge in [0.2, 0.25) is 5.91 Å². The van der Waals surface area contributed by atoms with Crippen LogP contribution in [0.1, 0.15) is 48.6 Å². The molecule has 4 rings (SSSR count). The van der Waals surface area contributed by atoms with Gasteiger partial charge in [0.25, 0.3) is 5.56 Å². The van der Waals surface area contributed by atoms with E-state index in [1.807, 2.05) is 12.1 Å². The molecule has 0 bridgehead atoms. The molecule has 0 radical (unpaired) electrons. The fourth-order valence-corrected chi connectivity index (χ4v) is 5.66. The Bertz CT molecular complexity index is 1070. The molecule has 2 N–H and O–H groups in total. The first kappa shape index (κ1) is 20.2. The summed E-state index contributed by atoms with van der Waals surface area (Å²) in [4.78, 5) is 34.4. The highest BCUT2D eigenvalue weighted by Gasteiger charge is 2.20. The number of nitrogens with one attached hydrogen (secondary N) is 2. The Balaban J connectivity index is 1.39. The molecule has 0 fully saturated rings. The fraction of sp³-hybridized carbons (Fsp3) is 0.409. The van der Waals surface area contributed by atoms with Gasteiger partial charge in [-0.3, -0.25) is 9.59 Å². The zero-order valence-electron chi connectivity index (χ0n) is 16.5. The maximum absolute atomic E-state index is 12.6. The van der Waals surface area contributed by atoms with Crippen molar-refractivity contribution in [3.63, 3.8) is 0 Å². The van der Waals surface area contributed by atoms with E-state index in [0.29, 0.717) is 5.16 Å². The van der Waals surface area contributed by atoms with Crippen molar-refractivity contribution in [3.05, 3.63) is 50.6 Å². The molecule has 0 unspecified atom stereocenters. The molecule has 0 saturated heterocycles. The van der Waals surface area contributed by atoms with E-state index in [9.17, 15) is 9.59 Å². The van der Waals surface area contributed by atoms with Crippen molar-refractivity contribution in [2.45, 2.75) is 57.0 Å². The highest BCUT2D eigenvalue weighted by molar-refractivity contribution is 7.99. The van der Waals surface area contributed by atoms with Crippen molar-refractivity contribution < 1.29 is 4.79 Å². The zero-order chi connectivity index (χ0) is 20.2. The summed E-state index contributed by atoms with van der Waals surface area (Å²) >= 11 is 2.89. The minimum atomic E-state index is -0.107. The van der Waals surface area contributed by atoms with Crippen molar-refractivity contribution in [2.75, 3.05) is 11.1 Å². The molecule has 0 aliphatic heterocycles. The summed E-state index contributed by atoms with van der Waals surface area (Å²) < 4.78 is 0. The number of amides is 1. The lowest BCUT2D eigenvalue weighted by atomic mass is 9.97. The number of aryl methyl sites for hydroxylation is 3. The molecular formula is C22H25N3O2S2. The SMILES string of the molecule is CCCCc1ccc(NC(=O)CSc2nc3sc4c(c3c(=O)[nH]2)CCCC4)cc1. The molecule has 0 spiro atoms. The molecule has 0 saturated carbocycles. The van der Waals surface area contributed by atoms with Crippen LogP contribution in [0.5, 0.6) is 0 Å². The van der Waals surface area contributed by atoms with E-state index in [1.165, 1.54) is 47.0 Å². The third kappa shape index (κ3) is 4.73. The second-order valence-corrected chi connectivity index (χ2v) is 9.45.